The van der Waals surface area contributed by atoms with E-state index >= 15 is 0 Å². The molecular formula is C21H23BrN4O3S. The molecule has 0 unspecified atom stereocenters. The van der Waals surface area contributed by atoms with Gasteiger partial charge in [0.25, 0.3) is 5.56 Å². The van der Waals surface area contributed by atoms with Crippen LogP contribution < -0.4 is 10.9 Å². The predicted molar refractivity (Wildman–Crippen MR) is 123 cm³/mol. The van der Waals surface area contributed by atoms with E-state index in [0.717, 1.165) is 4.47 Å². The summed E-state index contributed by atoms with van der Waals surface area (Å²) < 4.78 is 8.05. The molecular weight excluding hydrogens is 468 g/mol. The number of aromatic nitrogens is 3. The molecule has 3 aromatic rings. The van der Waals surface area contributed by atoms with Crippen LogP contribution in [0, 0.1) is 0 Å². The van der Waals surface area contributed by atoms with Crippen LogP contribution in [-0.2, 0) is 16.1 Å². The Morgan fingerprint density at radius 1 is 1.27 bits per heavy atom. The minimum Gasteiger partial charge on any atom is -0.379 e. The predicted octanol–water partition coefficient (Wildman–Crippen LogP) is 4.10. The first kappa shape index (κ1) is 22.5. The van der Waals surface area contributed by atoms with Gasteiger partial charge in [0.05, 0.1) is 22.8 Å². The fraction of sp³-hybridized carbons (Fsp3) is 0.333. The van der Waals surface area contributed by atoms with Crippen LogP contribution in [0.2, 0.25) is 0 Å². The summed E-state index contributed by atoms with van der Waals surface area (Å²) in [5.74, 6) is 0.371. The van der Waals surface area contributed by atoms with Gasteiger partial charge >= 0.3 is 0 Å². The molecule has 1 N–H and O–H groups in total. The smallest absolute Gasteiger partial charge is 0.262 e. The molecule has 158 valence electrons. The number of carbonyl (C=O) groups excluding carboxylic acids is 1. The van der Waals surface area contributed by atoms with Crippen molar-refractivity contribution in [3.05, 3.63) is 57.4 Å². The molecule has 0 fully saturated rings. The second kappa shape index (κ2) is 10.7. The maximum atomic E-state index is 13.0. The average molecular weight is 491 g/mol. The summed E-state index contributed by atoms with van der Waals surface area (Å²) >= 11 is 4.54. The van der Waals surface area contributed by atoms with E-state index < -0.39 is 0 Å². The van der Waals surface area contributed by atoms with Crippen molar-refractivity contribution in [1.29, 1.82) is 0 Å². The van der Waals surface area contributed by atoms with Gasteiger partial charge in [-0.1, -0.05) is 23.9 Å². The van der Waals surface area contributed by atoms with Crippen molar-refractivity contribution >= 4 is 50.3 Å². The molecule has 30 heavy (non-hydrogen) atoms. The zero-order valence-corrected chi connectivity index (χ0v) is 19.2. The number of hydrogen-bond donors (Lipinski definition) is 1. The SMILES string of the molecule is CC(C)OCCCn1c(SCC(=O)Nc2ccc(Br)cn2)nc2ccccc2c1=O. The Kier molecular flexibility index (Phi) is 8.01. The minimum atomic E-state index is -0.216. The van der Waals surface area contributed by atoms with Crippen LogP contribution in [0.5, 0.6) is 0 Å². The van der Waals surface area contributed by atoms with Crippen LogP contribution in [0.1, 0.15) is 20.3 Å². The van der Waals surface area contributed by atoms with Crippen molar-refractivity contribution < 1.29 is 9.53 Å². The molecule has 0 atom stereocenters. The van der Waals surface area contributed by atoms with E-state index in [1.165, 1.54) is 11.8 Å². The van der Waals surface area contributed by atoms with Crippen molar-refractivity contribution in [2.45, 2.75) is 38.1 Å². The van der Waals surface area contributed by atoms with E-state index in [-0.39, 0.29) is 23.3 Å². The Morgan fingerprint density at radius 2 is 2.07 bits per heavy atom. The first-order chi connectivity index (χ1) is 14.4. The monoisotopic (exact) mass is 490 g/mol. The first-order valence-electron chi connectivity index (χ1n) is 9.59. The number of nitrogens with one attached hydrogen (secondary N) is 1. The van der Waals surface area contributed by atoms with Crippen LogP contribution in [0.25, 0.3) is 10.9 Å². The largest absolute Gasteiger partial charge is 0.379 e. The van der Waals surface area contributed by atoms with Crippen molar-refractivity contribution in [3.63, 3.8) is 0 Å². The summed E-state index contributed by atoms with van der Waals surface area (Å²) in [5.41, 5.74) is 0.511. The fourth-order valence-corrected chi connectivity index (χ4v) is 3.82. The lowest BCUT2D eigenvalue weighted by Gasteiger charge is -2.14. The first-order valence-corrected chi connectivity index (χ1v) is 11.4. The number of benzene rings is 1. The van der Waals surface area contributed by atoms with Gasteiger partial charge in [0.2, 0.25) is 5.91 Å². The van der Waals surface area contributed by atoms with Crippen LogP contribution in [0.15, 0.2) is 57.0 Å². The van der Waals surface area contributed by atoms with Gasteiger partial charge < -0.3 is 10.1 Å². The van der Waals surface area contributed by atoms with E-state index in [0.29, 0.717) is 41.4 Å². The molecule has 0 spiro atoms. The molecule has 0 aliphatic rings. The zero-order chi connectivity index (χ0) is 21.5. The highest BCUT2D eigenvalue weighted by molar-refractivity contribution is 9.10. The maximum absolute atomic E-state index is 13.0. The topological polar surface area (TPSA) is 86.1 Å². The molecule has 7 nitrogen and oxygen atoms in total. The van der Waals surface area contributed by atoms with E-state index in [1.54, 1.807) is 35.0 Å². The number of para-hydroxylation sites is 1. The third-order valence-corrected chi connectivity index (χ3v) is 5.58. The number of ether oxygens (including phenoxy) is 1. The van der Waals surface area contributed by atoms with Crippen LogP contribution in [-0.4, -0.2) is 38.9 Å². The molecule has 1 amide bonds. The molecule has 0 bridgehead atoms. The number of thioether (sulfide) groups is 1. The highest BCUT2D eigenvalue weighted by atomic mass is 79.9. The second-order valence-corrected chi connectivity index (χ2v) is 8.70. The van der Waals surface area contributed by atoms with Crippen LogP contribution in [0.4, 0.5) is 5.82 Å². The van der Waals surface area contributed by atoms with Gasteiger partial charge in [-0.2, -0.15) is 0 Å². The number of rotatable bonds is 9. The Morgan fingerprint density at radius 3 is 2.80 bits per heavy atom. The summed E-state index contributed by atoms with van der Waals surface area (Å²) in [6, 6.07) is 10.8. The quantitative estimate of drug-likeness (QED) is 0.276. The number of amides is 1. The minimum absolute atomic E-state index is 0.109. The fourth-order valence-electron chi connectivity index (χ4n) is 2.76. The van der Waals surface area contributed by atoms with Gasteiger partial charge in [-0.25, -0.2) is 9.97 Å². The van der Waals surface area contributed by atoms with Crippen molar-refractivity contribution in [2.75, 3.05) is 17.7 Å². The molecule has 2 heterocycles. The Bertz CT molecular complexity index is 1070. The van der Waals surface area contributed by atoms with Crippen molar-refractivity contribution in [3.8, 4) is 0 Å². The highest BCUT2D eigenvalue weighted by Crippen LogP contribution is 2.19. The van der Waals surface area contributed by atoms with E-state index in [2.05, 4.69) is 31.2 Å². The van der Waals surface area contributed by atoms with E-state index in [9.17, 15) is 9.59 Å². The normalized spacial score (nSPS) is 11.2. The standard InChI is InChI=1S/C21H23BrN4O3S/c1-14(2)29-11-5-10-26-20(28)16-6-3-4-7-17(16)24-21(26)30-13-19(27)25-18-9-8-15(22)12-23-18/h3-4,6-9,12,14H,5,10-11,13H2,1-2H3,(H,23,25,27). The van der Waals surface area contributed by atoms with Crippen molar-refractivity contribution in [2.24, 2.45) is 0 Å². The molecule has 0 saturated heterocycles. The van der Waals surface area contributed by atoms with Gasteiger partial charge in [0, 0.05) is 23.8 Å². The third-order valence-electron chi connectivity index (χ3n) is 4.13. The Labute approximate surface area is 187 Å². The lowest BCUT2D eigenvalue weighted by atomic mass is 10.2. The summed E-state index contributed by atoms with van der Waals surface area (Å²) in [5, 5.41) is 3.83. The summed E-state index contributed by atoms with van der Waals surface area (Å²) in [4.78, 5) is 34.1. The number of fused-ring (bicyclic) bond motifs is 1. The molecule has 0 saturated carbocycles. The lowest BCUT2D eigenvalue weighted by molar-refractivity contribution is -0.113. The Balaban J connectivity index is 1.75. The number of hydrogen-bond acceptors (Lipinski definition) is 6. The average Bonchev–Trinajstić information content (AvgIpc) is 2.72. The number of pyridine rings is 1. The van der Waals surface area contributed by atoms with Gasteiger partial charge in [-0.15, -0.1) is 0 Å². The molecule has 0 aliphatic carbocycles. The van der Waals surface area contributed by atoms with E-state index in [1.807, 2.05) is 26.0 Å². The molecule has 9 heteroatoms. The van der Waals surface area contributed by atoms with Crippen molar-refractivity contribution in [1.82, 2.24) is 14.5 Å². The second-order valence-electron chi connectivity index (χ2n) is 6.84. The number of halogens is 1. The van der Waals surface area contributed by atoms with Crippen LogP contribution >= 0.6 is 27.7 Å². The molecule has 3 rings (SSSR count). The third kappa shape index (κ3) is 6.13. The van der Waals surface area contributed by atoms with Gasteiger partial charge in [-0.05, 0) is 60.5 Å². The molecule has 1 aromatic carbocycles. The maximum Gasteiger partial charge on any atom is 0.262 e. The number of carbonyl (C=O) groups is 1. The van der Waals surface area contributed by atoms with Gasteiger partial charge in [0.1, 0.15) is 5.82 Å². The van der Waals surface area contributed by atoms with Gasteiger partial charge in [-0.3, -0.25) is 14.2 Å². The van der Waals surface area contributed by atoms with Gasteiger partial charge in [0.15, 0.2) is 5.16 Å². The molecule has 0 radical (unpaired) electrons. The van der Waals surface area contributed by atoms with Crippen LogP contribution in [0.3, 0.4) is 0 Å². The Hall–Kier alpha value is -2.23. The number of anilines is 1. The molecule has 2 aromatic heterocycles. The highest BCUT2D eigenvalue weighted by Gasteiger charge is 2.13. The summed E-state index contributed by atoms with van der Waals surface area (Å²) in [6.07, 6.45) is 2.44. The number of nitrogens with zero attached hydrogens (tertiary/aromatic N) is 3. The summed E-state index contributed by atoms with van der Waals surface area (Å²) in [7, 11) is 0. The molecule has 0 aliphatic heterocycles. The zero-order valence-electron chi connectivity index (χ0n) is 16.8. The van der Waals surface area contributed by atoms with E-state index in [4.69, 9.17) is 4.74 Å². The summed E-state index contributed by atoms with van der Waals surface area (Å²) in [6.45, 7) is 4.98. The lowest BCUT2D eigenvalue weighted by Crippen LogP contribution is -2.25.